The molecule has 0 aliphatic heterocycles. The van der Waals surface area contributed by atoms with Crippen molar-refractivity contribution in [3.8, 4) is 11.3 Å². The van der Waals surface area contributed by atoms with Gasteiger partial charge in [0, 0.05) is 31.0 Å². The SMILES string of the molecule is CC(=O)NCc1ccc(-c2csc(CC(=O)NCc3ccccc3)n2)cc1. The molecule has 6 heteroatoms. The van der Waals surface area contributed by atoms with E-state index >= 15 is 0 Å². The maximum atomic E-state index is 12.1. The van der Waals surface area contributed by atoms with Crippen molar-refractivity contribution in [1.29, 1.82) is 0 Å². The van der Waals surface area contributed by atoms with Crippen molar-refractivity contribution in [1.82, 2.24) is 15.6 Å². The summed E-state index contributed by atoms with van der Waals surface area (Å²) in [5, 5.41) is 8.44. The van der Waals surface area contributed by atoms with Crippen LogP contribution >= 0.6 is 11.3 Å². The second-order valence-corrected chi connectivity index (χ2v) is 7.11. The number of aromatic nitrogens is 1. The van der Waals surface area contributed by atoms with E-state index in [2.05, 4.69) is 15.6 Å². The molecule has 0 fully saturated rings. The average Bonchev–Trinajstić information content (AvgIpc) is 3.14. The second-order valence-electron chi connectivity index (χ2n) is 6.17. The largest absolute Gasteiger partial charge is 0.352 e. The molecule has 0 saturated heterocycles. The van der Waals surface area contributed by atoms with Crippen molar-refractivity contribution in [2.45, 2.75) is 26.4 Å². The Morgan fingerprint density at radius 1 is 0.926 bits per heavy atom. The van der Waals surface area contributed by atoms with Crippen LogP contribution in [0.4, 0.5) is 0 Å². The van der Waals surface area contributed by atoms with Crippen LogP contribution in [0.5, 0.6) is 0 Å². The maximum Gasteiger partial charge on any atom is 0.227 e. The van der Waals surface area contributed by atoms with Crippen molar-refractivity contribution in [2.24, 2.45) is 0 Å². The van der Waals surface area contributed by atoms with E-state index in [1.165, 1.54) is 18.3 Å². The minimum atomic E-state index is -0.0474. The zero-order chi connectivity index (χ0) is 19.1. The van der Waals surface area contributed by atoms with Crippen LogP contribution in [0.1, 0.15) is 23.1 Å². The zero-order valence-electron chi connectivity index (χ0n) is 15.1. The molecular formula is C21H21N3O2S. The molecule has 27 heavy (non-hydrogen) atoms. The van der Waals surface area contributed by atoms with Crippen molar-refractivity contribution < 1.29 is 9.59 Å². The van der Waals surface area contributed by atoms with Gasteiger partial charge in [0.1, 0.15) is 5.01 Å². The predicted octanol–water partition coefficient (Wildman–Crippen LogP) is 3.31. The van der Waals surface area contributed by atoms with E-state index in [1.807, 2.05) is 60.0 Å². The zero-order valence-corrected chi connectivity index (χ0v) is 15.9. The van der Waals surface area contributed by atoms with E-state index in [-0.39, 0.29) is 18.2 Å². The highest BCUT2D eigenvalue weighted by molar-refractivity contribution is 7.10. The summed E-state index contributed by atoms with van der Waals surface area (Å²) < 4.78 is 0. The van der Waals surface area contributed by atoms with E-state index in [9.17, 15) is 9.59 Å². The topological polar surface area (TPSA) is 71.1 Å². The number of nitrogens with zero attached hydrogens (tertiary/aromatic N) is 1. The lowest BCUT2D eigenvalue weighted by Crippen LogP contribution is -2.24. The average molecular weight is 379 g/mol. The molecule has 1 heterocycles. The molecule has 3 rings (SSSR count). The Labute approximate surface area is 162 Å². The summed E-state index contributed by atoms with van der Waals surface area (Å²) >= 11 is 1.48. The molecule has 0 radical (unpaired) electrons. The van der Waals surface area contributed by atoms with Gasteiger partial charge in [0.05, 0.1) is 12.1 Å². The summed E-state index contributed by atoms with van der Waals surface area (Å²) in [7, 11) is 0. The lowest BCUT2D eigenvalue weighted by Gasteiger charge is -2.04. The van der Waals surface area contributed by atoms with Crippen LogP contribution in [0, 0.1) is 0 Å². The number of amides is 2. The van der Waals surface area contributed by atoms with Crippen LogP contribution in [0.2, 0.25) is 0 Å². The molecule has 2 N–H and O–H groups in total. The van der Waals surface area contributed by atoms with Crippen molar-refractivity contribution >= 4 is 23.2 Å². The quantitative estimate of drug-likeness (QED) is 0.662. The fourth-order valence-corrected chi connectivity index (χ4v) is 3.34. The number of thiazole rings is 1. The predicted molar refractivity (Wildman–Crippen MR) is 107 cm³/mol. The van der Waals surface area contributed by atoms with Crippen LogP contribution in [-0.4, -0.2) is 16.8 Å². The molecular weight excluding hydrogens is 358 g/mol. The molecule has 0 saturated carbocycles. The first-order valence-corrected chi connectivity index (χ1v) is 9.57. The Balaban J connectivity index is 1.54. The van der Waals surface area contributed by atoms with Crippen LogP contribution in [0.3, 0.4) is 0 Å². The Morgan fingerprint density at radius 3 is 2.30 bits per heavy atom. The third-order valence-corrected chi connectivity index (χ3v) is 4.84. The first-order chi connectivity index (χ1) is 13.1. The summed E-state index contributed by atoms with van der Waals surface area (Å²) in [5.41, 5.74) is 3.96. The standard InChI is InChI=1S/C21H21N3O2S/c1-15(25)22-12-17-7-9-18(10-8-17)19-14-27-21(24-19)11-20(26)23-13-16-5-3-2-4-6-16/h2-10,14H,11-13H2,1H3,(H,22,25)(H,23,26). The molecule has 1 aromatic heterocycles. The Bertz CT molecular complexity index is 905. The van der Waals surface area contributed by atoms with Gasteiger partial charge in [0.2, 0.25) is 11.8 Å². The van der Waals surface area contributed by atoms with Crippen LogP contribution in [0.25, 0.3) is 11.3 Å². The monoisotopic (exact) mass is 379 g/mol. The van der Waals surface area contributed by atoms with Gasteiger partial charge in [0.25, 0.3) is 0 Å². The Kier molecular flexibility index (Phi) is 6.33. The number of nitrogens with one attached hydrogen (secondary N) is 2. The van der Waals surface area contributed by atoms with Crippen molar-refractivity contribution in [2.75, 3.05) is 0 Å². The van der Waals surface area contributed by atoms with Gasteiger partial charge in [-0.15, -0.1) is 11.3 Å². The van der Waals surface area contributed by atoms with Gasteiger partial charge in [-0.1, -0.05) is 54.6 Å². The highest BCUT2D eigenvalue weighted by Crippen LogP contribution is 2.22. The van der Waals surface area contributed by atoms with E-state index in [4.69, 9.17) is 0 Å². The molecule has 3 aromatic rings. The van der Waals surface area contributed by atoms with E-state index in [0.717, 1.165) is 27.4 Å². The van der Waals surface area contributed by atoms with Crippen LogP contribution < -0.4 is 10.6 Å². The summed E-state index contributed by atoms with van der Waals surface area (Å²) in [4.78, 5) is 27.7. The molecule has 2 aromatic carbocycles. The van der Waals surface area contributed by atoms with Gasteiger partial charge in [-0.05, 0) is 11.1 Å². The lowest BCUT2D eigenvalue weighted by atomic mass is 10.1. The van der Waals surface area contributed by atoms with E-state index in [0.29, 0.717) is 13.1 Å². The molecule has 0 aliphatic rings. The van der Waals surface area contributed by atoms with Gasteiger partial charge < -0.3 is 10.6 Å². The third kappa shape index (κ3) is 5.76. The smallest absolute Gasteiger partial charge is 0.227 e. The number of benzene rings is 2. The minimum absolute atomic E-state index is 0.0367. The first-order valence-electron chi connectivity index (χ1n) is 8.69. The highest BCUT2D eigenvalue weighted by Gasteiger charge is 2.09. The molecule has 0 unspecified atom stereocenters. The molecule has 138 valence electrons. The van der Waals surface area contributed by atoms with Gasteiger partial charge in [-0.25, -0.2) is 4.98 Å². The molecule has 0 aliphatic carbocycles. The number of carbonyl (C=O) groups excluding carboxylic acids is 2. The van der Waals surface area contributed by atoms with Crippen LogP contribution in [0.15, 0.2) is 60.0 Å². The Hall–Kier alpha value is -2.99. The highest BCUT2D eigenvalue weighted by atomic mass is 32.1. The summed E-state index contributed by atoms with van der Waals surface area (Å²) in [6, 6.07) is 17.7. The molecule has 2 amide bonds. The summed E-state index contributed by atoms with van der Waals surface area (Å²) in [6.45, 7) is 2.54. The van der Waals surface area contributed by atoms with Crippen molar-refractivity contribution in [3.05, 3.63) is 76.1 Å². The summed E-state index contributed by atoms with van der Waals surface area (Å²) in [5.74, 6) is -0.0841. The lowest BCUT2D eigenvalue weighted by molar-refractivity contribution is -0.121. The number of hydrogen-bond donors (Lipinski definition) is 2. The first kappa shape index (κ1) is 18.8. The molecule has 0 atom stereocenters. The number of rotatable bonds is 7. The normalized spacial score (nSPS) is 10.4. The van der Waals surface area contributed by atoms with Gasteiger partial charge >= 0.3 is 0 Å². The van der Waals surface area contributed by atoms with Crippen LogP contribution in [-0.2, 0) is 29.1 Å². The number of hydrogen-bond acceptors (Lipinski definition) is 4. The molecule has 5 nitrogen and oxygen atoms in total. The van der Waals surface area contributed by atoms with Gasteiger partial charge in [-0.3, -0.25) is 9.59 Å². The second kappa shape index (κ2) is 9.09. The van der Waals surface area contributed by atoms with Gasteiger partial charge in [0.15, 0.2) is 0 Å². The fraction of sp³-hybridized carbons (Fsp3) is 0.190. The minimum Gasteiger partial charge on any atom is -0.352 e. The van der Waals surface area contributed by atoms with Crippen molar-refractivity contribution in [3.63, 3.8) is 0 Å². The Morgan fingerprint density at radius 2 is 1.59 bits per heavy atom. The third-order valence-electron chi connectivity index (χ3n) is 3.99. The molecule has 0 bridgehead atoms. The maximum absolute atomic E-state index is 12.1. The van der Waals surface area contributed by atoms with E-state index < -0.39 is 0 Å². The summed E-state index contributed by atoms with van der Waals surface area (Å²) in [6.07, 6.45) is 0.276. The van der Waals surface area contributed by atoms with E-state index in [1.54, 1.807) is 0 Å². The van der Waals surface area contributed by atoms with Gasteiger partial charge in [-0.2, -0.15) is 0 Å². The molecule has 0 spiro atoms. The fourth-order valence-electron chi connectivity index (χ4n) is 2.54. The number of carbonyl (C=O) groups is 2.